The lowest BCUT2D eigenvalue weighted by Gasteiger charge is -2.27. The zero-order valence-corrected chi connectivity index (χ0v) is 19.6. The van der Waals surface area contributed by atoms with Crippen LogP contribution in [0.15, 0.2) is 0 Å². The average molecular weight is 441 g/mol. The van der Waals surface area contributed by atoms with Gasteiger partial charge >= 0.3 is 0 Å². The van der Waals surface area contributed by atoms with E-state index in [2.05, 4.69) is 0 Å². The maximum atomic E-state index is 12.5. The molecular formula is C19H40N2O7S. The number of carbonyl (C=O) groups is 1. The monoisotopic (exact) mass is 440 g/mol. The molecule has 29 heavy (non-hydrogen) atoms. The zero-order valence-electron chi connectivity index (χ0n) is 18.8. The summed E-state index contributed by atoms with van der Waals surface area (Å²) in [6.07, 6.45) is 0. The minimum absolute atomic E-state index is 0.000282. The van der Waals surface area contributed by atoms with E-state index in [0.29, 0.717) is 0 Å². The molecular weight excluding hydrogens is 400 g/mol. The molecule has 0 aromatic rings. The molecule has 0 bridgehead atoms. The van der Waals surface area contributed by atoms with Crippen LogP contribution in [0.5, 0.6) is 0 Å². The standard InChI is InChI=1S/C19H40N2O7S/c1-16(2)17(3)18(24)20(7-11-22)9-13-27-28-14-10-21(8-12-23)29(25,26)15-19(4,5)6/h16-17,22-23H,7-15H2,1-6H3. The molecule has 0 aromatic heterocycles. The highest BCUT2D eigenvalue weighted by Gasteiger charge is 2.28. The summed E-state index contributed by atoms with van der Waals surface area (Å²) >= 11 is 0. The maximum absolute atomic E-state index is 12.5. The van der Waals surface area contributed by atoms with E-state index >= 15 is 0 Å². The van der Waals surface area contributed by atoms with E-state index in [0.717, 1.165) is 0 Å². The topological polar surface area (TPSA) is 117 Å². The molecule has 0 fully saturated rings. The highest BCUT2D eigenvalue weighted by molar-refractivity contribution is 7.89. The van der Waals surface area contributed by atoms with Gasteiger partial charge in [0.05, 0.1) is 32.2 Å². The molecule has 9 nitrogen and oxygen atoms in total. The van der Waals surface area contributed by atoms with Crippen LogP contribution in [-0.4, -0.2) is 92.1 Å². The van der Waals surface area contributed by atoms with E-state index in [9.17, 15) is 13.2 Å². The first kappa shape index (κ1) is 28.2. The number of carbonyl (C=O) groups excluding carboxylic acids is 1. The number of aliphatic hydroxyl groups excluding tert-OH is 2. The van der Waals surface area contributed by atoms with E-state index < -0.39 is 15.4 Å². The third-order valence-electron chi connectivity index (χ3n) is 4.38. The first-order chi connectivity index (χ1) is 13.4. The Labute approximate surface area is 175 Å². The van der Waals surface area contributed by atoms with Gasteiger partial charge in [-0.25, -0.2) is 18.2 Å². The second kappa shape index (κ2) is 13.5. The minimum Gasteiger partial charge on any atom is -0.395 e. The van der Waals surface area contributed by atoms with Crippen molar-refractivity contribution in [3.05, 3.63) is 0 Å². The number of nitrogens with zero attached hydrogens (tertiary/aromatic N) is 2. The van der Waals surface area contributed by atoms with E-state index in [1.165, 1.54) is 9.21 Å². The lowest BCUT2D eigenvalue weighted by molar-refractivity contribution is -0.295. The summed E-state index contributed by atoms with van der Waals surface area (Å²) in [4.78, 5) is 24.1. The van der Waals surface area contributed by atoms with Gasteiger partial charge in [0, 0.05) is 32.1 Å². The Morgan fingerprint density at radius 1 is 0.931 bits per heavy atom. The molecule has 0 rings (SSSR count). The molecule has 10 heteroatoms. The van der Waals surface area contributed by atoms with Crippen molar-refractivity contribution in [2.24, 2.45) is 17.3 Å². The maximum Gasteiger partial charge on any atom is 0.225 e. The van der Waals surface area contributed by atoms with Gasteiger partial charge in [-0.05, 0) is 11.3 Å². The molecule has 1 atom stereocenters. The van der Waals surface area contributed by atoms with Crippen molar-refractivity contribution in [3.63, 3.8) is 0 Å². The van der Waals surface area contributed by atoms with Crippen molar-refractivity contribution in [1.29, 1.82) is 0 Å². The first-order valence-corrected chi connectivity index (χ1v) is 11.7. The number of aliphatic hydroxyl groups is 2. The lowest BCUT2D eigenvalue weighted by atomic mass is 9.96. The molecule has 0 aliphatic carbocycles. The van der Waals surface area contributed by atoms with Crippen LogP contribution in [0.25, 0.3) is 0 Å². The normalized spacial score (nSPS) is 13.9. The van der Waals surface area contributed by atoms with E-state index in [-0.39, 0.29) is 76.1 Å². The van der Waals surface area contributed by atoms with Gasteiger partial charge in [0.25, 0.3) is 0 Å². The summed E-state index contributed by atoms with van der Waals surface area (Å²) in [6.45, 7) is 11.5. The summed E-state index contributed by atoms with van der Waals surface area (Å²) in [6, 6.07) is 0. The Bertz CT molecular complexity index is 561. The Hall–Kier alpha value is -0.780. The van der Waals surface area contributed by atoms with Crippen molar-refractivity contribution >= 4 is 15.9 Å². The number of hydrogen-bond donors (Lipinski definition) is 2. The molecule has 0 saturated heterocycles. The van der Waals surface area contributed by atoms with Crippen LogP contribution >= 0.6 is 0 Å². The number of sulfonamides is 1. The molecule has 0 aliphatic rings. The quantitative estimate of drug-likeness (QED) is 0.219. The first-order valence-electron chi connectivity index (χ1n) is 10.1. The average Bonchev–Trinajstić information content (AvgIpc) is 2.59. The molecule has 0 radical (unpaired) electrons. The third-order valence-corrected chi connectivity index (χ3v) is 6.76. The summed E-state index contributed by atoms with van der Waals surface area (Å²) in [5.41, 5.74) is -0.403. The van der Waals surface area contributed by atoms with Crippen LogP contribution in [0.2, 0.25) is 0 Å². The molecule has 0 saturated carbocycles. The Balaban J connectivity index is 4.47. The van der Waals surface area contributed by atoms with Gasteiger partial charge < -0.3 is 15.1 Å². The van der Waals surface area contributed by atoms with Crippen LogP contribution in [0, 0.1) is 17.3 Å². The fourth-order valence-corrected chi connectivity index (χ4v) is 4.56. The molecule has 1 unspecified atom stereocenters. The Morgan fingerprint density at radius 2 is 1.45 bits per heavy atom. The van der Waals surface area contributed by atoms with Crippen molar-refractivity contribution in [2.45, 2.75) is 41.5 Å². The minimum atomic E-state index is -3.53. The second-order valence-corrected chi connectivity index (χ2v) is 10.6. The van der Waals surface area contributed by atoms with Gasteiger partial charge in [-0.1, -0.05) is 41.5 Å². The van der Waals surface area contributed by atoms with Crippen LogP contribution < -0.4 is 0 Å². The molecule has 0 spiro atoms. The fourth-order valence-electron chi connectivity index (χ4n) is 2.57. The highest BCUT2D eigenvalue weighted by Crippen LogP contribution is 2.18. The lowest BCUT2D eigenvalue weighted by Crippen LogP contribution is -2.41. The predicted octanol–water partition coefficient (Wildman–Crippen LogP) is 0.718. The molecule has 174 valence electrons. The van der Waals surface area contributed by atoms with Gasteiger partial charge in [0.1, 0.15) is 0 Å². The Morgan fingerprint density at radius 3 is 1.90 bits per heavy atom. The largest absolute Gasteiger partial charge is 0.395 e. The number of rotatable bonds is 15. The Kier molecular flexibility index (Phi) is 13.1. The van der Waals surface area contributed by atoms with E-state index in [1.807, 2.05) is 41.5 Å². The van der Waals surface area contributed by atoms with Gasteiger partial charge in [-0.2, -0.15) is 4.31 Å². The van der Waals surface area contributed by atoms with Gasteiger partial charge in [-0.3, -0.25) is 4.79 Å². The predicted molar refractivity (Wildman–Crippen MR) is 111 cm³/mol. The SMILES string of the molecule is CC(C)C(C)C(=O)N(CCO)CCOOCCN(CCO)S(=O)(=O)CC(C)(C)C. The summed E-state index contributed by atoms with van der Waals surface area (Å²) in [7, 11) is -3.53. The van der Waals surface area contributed by atoms with Gasteiger partial charge in [-0.15, -0.1) is 0 Å². The third kappa shape index (κ3) is 11.9. The highest BCUT2D eigenvalue weighted by atomic mass is 32.2. The van der Waals surface area contributed by atoms with Crippen molar-refractivity contribution in [3.8, 4) is 0 Å². The number of amides is 1. The summed E-state index contributed by atoms with van der Waals surface area (Å²) in [5.74, 6) is -0.0661. The van der Waals surface area contributed by atoms with Gasteiger partial charge in [0.15, 0.2) is 0 Å². The van der Waals surface area contributed by atoms with Crippen LogP contribution in [-0.2, 0) is 24.6 Å². The van der Waals surface area contributed by atoms with Gasteiger partial charge in [0.2, 0.25) is 15.9 Å². The van der Waals surface area contributed by atoms with Crippen LogP contribution in [0.4, 0.5) is 0 Å². The summed E-state index contributed by atoms with van der Waals surface area (Å²) < 4.78 is 26.1. The molecule has 0 aromatic carbocycles. The zero-order chi connectivity index (χ0) is 22.7. The second-order valence-electron chi connectivity index (χ2n) is 8.67. The molecule has 0 heterocycles. The number of hydrogen-bond acceptors (Lipinski definition) is 7. The molecule has 0 aliphatic heterocycles. The van der Waals surface area contributed by atoms with Crippen molar-refractivity contribution in [1.82, 2.24) is 9.21 Å². The van der Waals surface area contributed by atoms with Crippen molar-refractivity contribution in [2.75, 3.05) is 58.4 Å². The smallest absolute Gasteiger partial charge is 0.225 e. The van der Waals surface area contributed by atoms with Crippen molar-refractivity contribution < 1.29 is 33.2 Å². The molecule has 2 N–H and O–H groups in total. The fraction of sp³-hybridized carbons (Fsp3) is 0.947. The molecule has 1 amide bonds. The van der Waals surface area contributed by atoms with Crippen LogP contribution in [0.1, 0.15) is 41.5 Å². The van der Waals surface area contributed by atoms with Crippen LogP contribution in [0.3, 0.4) is 0 Å². The van der Waals surface area contributed by atoms with E-state index in [1.54, 1.807) is 0 Å². The van der Waals surface area contributed by atoms with E-state index in [4.69, 9.17) is 20.0 Å². The summed E-state index contributed by atoms with van der Waals surface area (Å²) in [5, 5.41) is 18.3.